The first-order chi connectivity index (χ1) is 16.7. The molecular weight excluding hydrogens is 555 g/mol. The number of nitrogens with one attached hydrogen (secondary N) is 2. The van der Waals surface area contributed by atoms with Gasteiger partial charge in [-0.3, -0.25) is 5.43 Å². The van der Waals surface area contributed by atoms with Gasteiger partial charge in [-0.25, -0.2) is 14.8 Å². The summed E-state index contributed by atoms with van der Waals surface area (Å²) in [5.74, 6) is 0.983. The molecule has 1 atom stereocenters. The van der Waals surface area contributed by atoms with Crippen molar-refractivity contribution in [2.45, 2.75) is 39.7 Å². The summed E-state index contributed by atoms with van der Waals surface area (Å²) in [5.41, 5.74) is 5.62. The van der Waals surface area contributed by atoms with E-state index in [1.165, 1.54) is 0 Å². The quantitative estimate of drug-likeness (QED) is 0.198. The van der Waals surface area contributed by atoms with E-state index in [9.17, 15) is 9.90 Å². The van der Waals surface area contributed by atoms with E-state index in [1.54, 1.807) is 12.4 Å². The van der Waals surface area contributed by atoms with E-state index in [4.69, 9.17) is 4.98 Å². The van der Waals surface area contributed by atoms with Gasteiger partial charge >= 0.3 is 6.09 Å². The van der Waals surface area contributed by atoms with Gasteiger partial charge in [0, 0.05) is 34.3 Å². The van der Waals surface area contributed by atoms with E-state index < -0.39 is 6.09 Å². The number of fused-ring (bicyclic) bond motifs is 1. The maximum atomic E-state index is 11.4. The Kier molecular flexibility index (Phi) is 7.73. The van der Waals surface area contributed by atoms with Crippen molar-refractivity contribution in [1.29, 1.82) is 0 Å². The van der Waals surface area contributed by atoms with Crippen LogP contribution < -0.4 is 15.6 Å². The molecule has 0 saturated carbocycles. The maximum Gasteiger partial charge on any atom is 0.404 e. The Hall–Kier alpha value is -2.95. The average molecular weight is 586 g/mol. The number of nitrogens with zero attached hydrogens (tertiary/aromatic N) is 4. The van der Waals surface area contributed by atoms with Crippen LogP contribution in [-0.4, -0.2) is 46.5 Å². The number of amides is 1. The lowest BCUT2D eigenvalue weighted by Crippen LogP contribution is -2.51. The fourth-order valence-electron chi connectivity index (χ4n) is 4.75. The van der Waals surface area contributed by atoms with E-state index >= 15 is 0 Å². The predicted molar refractivity (Wildman–Crippen MR) is 149 cm³/mol. The molecular formula is C26H31IN6O2. The summed E-state index contributed by atoms with van der Waals surface area (Å²) in [7, 11) is 0. The molecule has 1 aliphatic rings. The SMILES string of the molecule is CC(C)(C)C(NC(=O)O)C1CCN(c2cccc3ccc(/C=N/Nc4cc(I)ccn4)nc23)CC1. The molecule has 3 N–H and O–H groups in total. The van der Waals surface area contributed by atoms with Crippen LogP contribution in [-0.2, 0) is 0 Å². The molecule has 3 aromatic rings. The zero-order valence-electron chi connectivity index (χ0n) is 20.2. The number of carboxylic acid groups (broad SMARTS) is 1. The second-order valence-corrected chi connectivity index (χ2v) is 11.2. The Labute approximate surface area is 219 Å². The first-order valence-electron chi connectivity index (χ1n) is 11.8. The Morgan fingerprint density at radius 3 is 2.69 bits per heavy atom. The first kappa shape index (κ1) is 25.2. The summed E-state index contributed by atoms with van der Waals surface area (Å²) in [6, 6.07) is 14.0. The summed E-state index contributed by atoms with van der Waals surface area (Å²) in [6.07, 6.45) is 4.34. The predicted octanol–water partition coefficient (Wildman–Crippen LogP) is 5.58. The number of carbonyl (C=O) groups is 1. The molecule has 4 rings (SSSR count). The molecule has 35 heavy (non-hydrogen) atoms. The standard InChI is InChI=1S/C26H31IN6O2/c1-26(2,3)24(31-25(34)35)18-10-13-33(14-11-18)21-6-4-5-17-7-8-20(30-23(17)21)16-29-32-22-15-19(27)9-12-28-22/h4-9,12,15-16,18,24,31H,10-11,13-14H2,1-3H3,(H,28,32)(H,34,35)/b29-16+. The van der Waals surface area contributed by atoms with Crippen molar-refractivity contribution in [1.82, 2.24) is 15.3 Å². The number of hydrogen-bond acceptors (Lipinski definition) is 6. The Bertz CT molecular complexity index is 1220. The zero-order chi connectivity index (χ0) is 25.0. The number of anilines is 2. The Morgan fingerprint density at radius 2 is 2.00 bits per heavy atom. The molecule has 8 nitrogen and oxygen atoms in total. The van der Waals surface area contributed by atoms with E-state index in [2.05, 4.69) is 93.4 Å². The van der Waals surface area contributed by atoms with Gasteiger partial charge in [-0.15, -0.1) is 0 Å². The molecule has 2 aromatic heterocycles. The molecule has 0 radical (unpaired) electrons. The number of benzene rings is 1. The van der Waals surface area contributed by atoms with Crippen LogP contribution in [0.15, 0.2) is 53.8 Å². The van der Waals surface area contributed by atoms with Crippen molar-refractivity contribution in [3.05, 3.63) is 57.9 Å². The van der Waals surface area contributed by atoms with E-state index in [0.29, 0.717) is 11.7 Å². The molecule has 1 unspecified atom stereocenters. The third-order valence-electron chi connectivity index (χ3n) is 6.38. The zero-order valence-corrected chi connectivity index (χ0v) is 22.4. The third kappa shape index (κ3) is 6.39. The fraction of sp³-hybridized carbons (Fsp3) is 0.385. The number of piperidine rings is 1. The lowest BCUT2D eigenvalue weighted by Gasteiger charge is -2.42. The minimum absolute atomic E-state index is 0.0782. The van der Waals surface area contributed by atoms with Crippen LogP contribution in [0.2, 0.25) is 0 Å². The highest BCUT2D eigenvalue weighted by atomic mass is 127. The van der Waals surface area contributed by atoms with Gasteiger partial charge in [-0.2, -0.15) is 5.10 Å². The molecule has 0 bridgehead atoms. The lowest BCUT2D eigenvalue weighted by molar-refractivity contribution is 0.142. The number of hydrogen-bond donors (Lipinski definition) is 3. The van der Waals surface area contributed by atoms with Crippen LogP contribution in [0.3, 0.4) is 0 Å². The van der Waals surface area contributed by atoms with Crippen LogP contribution in [0.1, 0.15) is 39.3 Å². The molecule has 1 saturated heterocycles. The molecule has 1 fully saturated rings. The monoisotopic (exact) mass is 586 g/mol. The number of halogens is 1. The number of hydrazone groups is 1. The van der Waals surface area contributed by atoms with Gasteiger partial charge in [-0.1, -0.05) is 39.0 Å². The van der Waals surface area contributed by atoms with Gasteiger partial charge in [0.15, 0.2) is 0 Å². The Morgan fingerprint density at radius 1 is 1.23 bits per heavy atom. The molecule has 3 heterocycles. The summed E-state index contributed by atoms with van der Waals surface area (Å²) < 4.78 is 1.08. The summed E-state index contributed by atoms with van der Waals surface area (Å²) in [6.45, 7) is 8.01. The first-order valence-corrected chi connectivity index (χ1v) is 12.8. The van der Waals surface area contributed by atoms with Gasteiger partial charge in [0.1, 0.15) is 5.82 Å². The highest BCUT2D eigenvalue weighted by Gasteiger charge is 2.35. The third-order valence-corrected chi connectivity index (χ3v) is 7.05. The highest BCUT2D eigenvalue weighted by molar-refractivity contribution is 14.1. The van der Waals surface area contributed by atoms with Gasteiger partial charge in [0.05, 0.1) is 23.1 Å². The smallest absolute Gasteiger partial charge is 0.404 e. The molecule has 1 amide bonds. The van der Waals surface area contributed by atoms with E-state index in [0.717, 1.165) is 51.8 Å². The maximum absolute atomic E-state index is 11.4. The van der Waals surface area contributed by atoms with Crippen molar-refractivity contribution >= 4 is 57.3 Å². The van der Waals surface area contributed by atoms with Crippen molar-refractivity contribution in [2.75, 3.05) is 23.4 Å². The van der Waals surface area contributed by atoms with Gasteiger partial charge in [-0.05, 0) is 71.0 Å². The number of rotatable bonds is 6. The van der Waals surface area contributed by atoms with Crippen molar-refractivity contribution in [2.24, 2.45) is 16.4 Å². The van der Waals surface area contributed by atoms with Gasteiger partial charge in [0.2, 0.25) is 0 Å². The average Bonchev–Trinajstić information content (AvgIpc) is 2.82. The molecule has 9 heteroatoms. The van der Waals surface area contributed by atoms with Crippen LogP contribution in [0.4, 0.5) is 16.3 Å². The number of pyridine rings is 2. The molecule has 0 aliphatic carbocycles. The summed E-state index contributed by atoms with van der Waals surface area (Å²) in [4.78, 5) is 22.9. The summed E-state index contributed by atoms with van der Waals surface area (Å²) >= 11 is 2.24. The van der Waals surface area contributed by atoms with Crippen LogP contribution in [0, 0.1) is 14.9 Å². The van der Waals surface area contributed by atoms with Crippen molar-refractivity contribution < 1.29 is 9.90 Å². The van der Waals surface area contributed by atoms with Crippen molar-refractivity contribution in [3.63, 3.8) is 0 Å². The normalized spacial score (nSPS) is 15.9. The Balaban J connectivity index is 1.50. The van der Waals surface area contributed by atoms with Crippen molar-refractivity contribution in [3.8, 4) is 0 Å². The molecule has 1 aliphatic heterocycles. The van der Waals surface area contributed by atoms with Crippen LogP contribution in [0.5, 0.6) is 0 Å². The number of aromatic nitrogens is 2. The highest BCUT2D eigenvalue weighted by Crippen LogP contribution is 2.35. The van der Waals surface area contributed by atoms with E-state index in [-0.39, 0.29) is 11.5 Å². The second kappa shape index (κ2) is 10.8. The van der Waals surface area contributed by atoms with Gasteiger partial charge < -0.3 is 15.3 Å². The largest absolute Gasteiger partial charge is 0.465 e. The van der Waals surface area contributed by atoms with Gasteiger partial charge in [0.25, 0.3) is 0 Å². The summed E-state index contributed by atoms with van der Waals surface area (Å²) in [5, 5.41) is 17.5. The van der Waals surface area contributed by atoms with E-state index in [1.807, 2.05) is 18.2 Å². The number of para-hydroxylation sites is 1. The minimum atomic E-state index is -0.952. The van der Waals surface area contributed by atoms with Crippen LogP contribution >= 0.6 is 22.6 Å². The second-order valence-electron chi connectivity index (χ2n) is 9.93. The molecule has 1 aromatic carbocycles. The lowest BCUT2D eigenvalue weighted by atomic mass is 9.75. The minimum Gasteiger partial charge on any atom is -0.465 e. The molecule has 184 valence electrons. The topological polar surface area (TPSA) is 103 Å². The fourth-order valence-corrected chi connectivity index (χ4v) is 5.21. The molecule has 0 spiro atoms. The van der Waals surface area contributed by atoms with Crippen LogP contribution in [0.25, 0.3) is 10.9 Å².